The van der Waals surface area contributed by atoms with Gasteiger partial charge in [0, 0.05) is 26.7 Å². The van der Waals surface area contributed by atoms with E-state index in [1.54, 1.807) is 0 Å². The second-order valence-electron chi connectivity index (χ2n) is 5.13. The Hall–Kier alpha value is -0.420. The summed E-state index contributed by atoms with van der Waals surface area (Å²) < 4.78 is 0. The highest BCUT2D eigenvalue weighted by atomic mass is 32.2. The smallest absolute Gasteiger partial charge is 0.190 e. The molecule has 0 saturated carbocycles. The second-order valence-corrected chi connectivity index (χ2v) is 6.11. The van der Waals surface area contributed by atoms with Crippen LogP contribution in [0.3, 0.4) is 0 Å². The molecule has 1 heterocycles. The molecule has 1 fully saturated rings. The van der Waals surface area contributed by atoms with E-state index in [0.717, 1.165) is 25.0 Å². The molecule has 0 radical (unpaired) electrons. The zero-order chi connectivity index (χ0) is 13.9. The summed E-state index contributed by atoms with van der Waals surface area (Å²) in [6, 6.07) is 0. The second kappa shape index (κ2) is 10.4. The molecule has 1 rings (SSSR count). The molecule has 2 N–H and O–H groups in total. The van der Waals surface area contributed by atoms with E-state index in [2.05, 4.69) is 33.7 Å². The van der Waals surface area contributed by atoms with E-state index in [1.165, 1.54) is 44.6 Å². The van der Waals surface area contributed by atoms with Crippen LogP contribution in [0.25, 0.3) is 0 Å². The van der Waals surface area contributed by atoms with Crippen molar-refractivity contribution in [2.75, 3.05) is 51.8 Å². The molecule has 1 aliphatic heterocycles. The fourth-order valence-electron chi connectivity index (χ4n) is 2.41. The van der Waals surface area contributed by atoms with Gasteiger partial charge in [0.1, 0.15) is 0 Å². The highest BCUT2D eigenvalue weighted by Crippen LogP contribution is 2.14. The molecule has 112 valence electrons. The summed E-state index contributed by atoms with van der Waals surface area (Å²) in [4.78, 5) is 6.80. The van der Waals surface area contributed by atoms with Crippen LogP contribution in [-0.4, -0.2) is 62.6 Å². The van der Waals surface area contributed by atoms with Gasteiger partial charge in [0.05, 0.1) is 0 Å². The zero-order valence-corrected chi connectivity index (χ0v) is 13.6. The first-order chi connectivity index (χ1) is 9.30. The fraction of sp³-hybridized carbons (Fsp3) is 0.929. The summed E-state index contributed by atoms with van der Waals surface area (Å²) in [5.41, 5.74) is 0. The Labute approximate surface area is 122 Å². The van der Waals surface area contributed by atoms with Gasteiger partial charge in [-0.2, -0.15) is 11.8 Å². The number of nitrogens with zero attached hydrogens (tertiary/aromatic N) is 2. The molecule has 1 atom stereocenters. The molecule has 0 spiro atoms. The lowest BCUT2D eigenvalue weighted by Gasteiger charge is -2.16. The minimum Gasteiger partial charge on any atom is -0.356 e. The largest absolute Gasteiger partial charge is 0.356 e. The van der Waals surface area contributed by atoms with Crippen molar-refractivity contribution in [3.05, 3.63) is 0 Å². The normalized spacial score (nSPS) is 20.8. The van der Waals surface area contributed by atoms with Crippen LogP contribution in [0.15, 0.2) is 4.99 Å². The molecule has 1 saturated heterocycles. The molecule has 0 aromatic heterocycles. The lowest BCUT2D eigenvalue weighted by atomic mass is 10.1. The summed E-state index contributed by atoms with van der Waals surface area (Å²) in [6.07, 6.45) is 5.97. The number of thioether (sulfide) groups is 1. The van der Waals surface area contributed by atoms with Crippen LogP contribution in [0.5, 0.6) is 0 Å². The minimum atomic E-state index is 0.773. The summed E-state index contributed by atoms with van der Waals surface area (Å²) in [5, 5.41) is 6.85. The van der Waals surface area contributed by atoms with Crippen LogP contribution in [0, 0.1) is 5.92 Å². The Morgan fingerprint density at radius 1 is 1.37 bits per heavy atom. The van der Waals surface area contributed by atoms with Crippen molar-refractivity contribution >= 4 is 17.7 Å². The number of hydrogen-bond donors (Lipinski definition) is 2. The first-order valence-corrected chi connectivity index (χ1v) is 8.85. The van der Waals surface area contributed by atoms with Gasteiger partial charge >= 0.3 is 0 Å². The predicted octanol–water partition coefficient (Wildman–Crippen LogP) is 1.64. The lowest BCUT2D eigenvalue weighted by molar-refractivity contribution is 0.342. The molecule has 0 bridgehead atoms. The summed E-state index contributed by atoms with van der Waals surface area (Å²) in [6.45, 7) is 7.97. The van der Waals surface area contributed by atoms with E-state index in [9.17, 15) is 0 Å². The van der Waals surface area contributed by atoms with Gasteiger partial charge in [-0.25, -0.2) is 0 Å². The van der Waals surface area contributed by atoms with Gasteiger partial charge in [-0.15, -0.1) is 0 Å². The van der Waals surface area contributed by atoms with Crippen LogP contribution in [0.4, 0.5) is 0 Å². The van der Waals surface area contributed by atoms with E-state index in [4.69, 9.17) is 0 Å². The van der Waals surface area contributed by atoms with Gasteiger partial charge < -0.3 is 15.5 Å². The maximum absolute atomic E-state index is 4.28. The van der Waals surface area contributed by atoms with E-state index in [1.807, 2.05) is 18.8 Å². The lowest BCUT2D eigenvalue weighted by Crippen LogP contribution is -2.40. The van der Waals surface area contributed by atoms with E-state index >= 15 is 0 Å². The van der Waals surface area contributed by atoms with Gasteiger partial charge in [-0.3, -0.25) is 4.99 Å². The van der Waals surface area contributed by atoms with E-state index in [0.29, 0.717) is 0 Å². The Bertz CT molecular complexity index is 258. The first-order valence-electron chi connectivity index (χ1n) is 7.46. The number of rotatable bonds is 8. The molecule has 0 aliphatic carbocycles. The van der Waals surface area contributed by atoms with Crippen LogP contribution >= 0.6 is 11.8 Å². The number of unbranched alkanes of at least 4 members (excludes halogenated alkanes) is 1. The summed E-state index contributed by atoms with van der Waals surface area (Å²) >= 11 is 1.92. The van der Waals surface area contributed by atoms with Crippen molar-refractivity contribution in [3.63, 3.8) is 0 Å². The molecule has 1 unspecified atom stereocenters. The molecule has 1 aliphatic rings. The number of likely N-dealkylation sites (tertiary alicyclic amines) is 1. The van der Waals surface area contributed by atoms with Gasteiger partial charge in [-0.05, 0) is 50.3 Å². The SMILES string of the molecule is CCN1CCC(CNC(=NC)NCCCCSC)C1. The van der Waals surface area contributed by atoms with Crippen molar-refractivity contribution < 1.29 is 0 Å². The fourth-order valence-corrected chi connectivity index (χ4v) is 2.90. The number of nitrogens with one attached hydrogen (secondary N) is 2. The Morgan fingerprint density at radius 3 is 2.84 bits per heavy atom. The predicted molar refractivity (Wildman–Crippen MR) is 87.2 cm³/mol. The average molecular weight is 286 g/mol. The molecular weight excluding hydrogens is 256 g/mol. The minimum absolute atomic E-state index is 0.773. The van der Waals surface area contributed by atoms with E-state index in [-0.39, 0.29) is 0 Å². The molecule has 0 amide bonds. The van der Waals surface area contributed by atoms with Crippen molar-refractivity contribution in [2.24, 2.45) is 10.9 Å². The number of aliphatic imine (C=N–C) groups is 1. The third-order valence-electron chi connectivity index (χ3n) is 3.67. The standard InChI is InChI=1S/C14H30N4S/c1-4-18-9-7-13(12-18)11-17-14(15-2)16-8-5-6-10-19-3/h13H,4-12H2,1-3H3,(H2,15,16,17). The van der Waals surface area contributed by atoms with Gasteiger partial charge in [-0.1, -0.05) is 6.92 Å². The third kappa shape index (κ3) is 7.06. The Kier molecular flexibility index (Phi) is 9.08. The van der Waals surface area contributed by atoms with Crippen molar-refractivity contribution in [1.82, 2.24) is 15.5 Å². The van der Waals surface area contributed by atoms with Crippen molar-refractivity contribution in [3.8, 4) is 0 Å². The van der Waals surface area contributed by atoms with E-state index < -0.39 is 0 Å². The molecule has 4 nitrogen and oxygen atoms in total. The van der Waals surface area contributed by atoms with Crippen LogP contribution in [-0.2, 0) is 0 Å². The quantitative estimate of drug-likeness (QED) is 0.404. The van der Waals surface area contributed by atoms with Crippen LogP contribution in [0.2, 0.25) is 0 Å². The van der Waals surface area contributed by atoms with Gasteiger partial charge in [0.15, 0.2) is 5.96 Å². The third-order valence-corrected chi connectivity index (χ3v) is 4.36. The maximum Gasteiger partial charge on any atom is 0.190 e. The Morgan fingerprint density at radius 2 is 2.21 bits per heavy atom. The highest BCUT2D eigenvalue weighted by Gasteiger charge is 2.20. The zero-order valence-electron chi connectivity index (χ0n) is 12.7. The molecular formula is C14H30N4S. The van der Waals surface area contributed by atoms with Gasteiger partial charge in [0.2, 0.25) is 0 Å². The molecule has 0 aromatic rings. The Balaban J connectivity index is 2.09. The van der Waals surface area contributed by atoms with Gasteiger partial charge in [0.25, 0.3) is 0 Å². The topological polar surface area (TPSA) is 39.7 Å². The van der Waals surface area contributed by atoms with Crippen molar-refractivity contribution in [2.45, 2.75) is 26.2 Å². The van der Waals surface area contributed by atoms with Crippen LogP contribution < -0.4 is 10.6 Å². The maximum atomic E-state index is 4.28. The summed E-state index contributed by atoms with van der Waals surface area (Å²) in [7, 11) is 1.85. The molecule has 5 heteroatoms. The first kappa shape index (κ1) is 16.6. The number of hydrogen-bond acceptors (Lipinski definition) is 3. The summed E-state index contributed by atoms with van der Waals surface area (Å²) in [5.74, 6) is 2.98. The average Bonchev–Trinajstić information content (AvgIpc) is 2.90. The monoisotopic (exact) mass is 286 g/mol. The van der Waals surface area contributed by atoms with Crippen LogP contribution in [0.1, 0.15) is 26.2 Å². The number of guanidine groups is 1. The molecule has 19 heavy (non-hydrogen) atoms. The van der Waals surface area contributed by atoms with Crippen molar-refractivity contribution in [1.29, 1.82) is 0 Å². The highest BCUT2D eigenvalue weighted by molar-refractivity contribution is 7.98. The molecule has 0 aromatic carbocycles.